The molecule has 2 aliphatic rings. The number of anilines is 6. The molecule has 8 heterocycles. The molecule has 2 saturated heterocycles. The summed E-state index contributed by atoms with van der Waals surface area (Å²) in [6.45, 7) is 31.9. The number of nitrogen functional groups attached to an aromatic ring is 3. The second kappa shape index (κ2) is 37.0. The Bertz CT molecular complexity index is 5660. The van der Waals surface area contributed by atoms with Gasteiger partial charge >= 0.3 is 0 Å². The van der Waals surface area contributed by atoms with E-state index in [2.05, 4.69) is 70.1 Å². The highest BCUT2D eigenvalue weighted by atomic mass is 35.5. The van der Waals surface area contributed by atoms with Gasteiger partial charge in [0, 0.05) is 148 Å². The zero-order valence-corrected chi connectivity index (χ0v) is 70.7. The number of hydrogen-bond donors (Lipinski definition) is 7. The summed E-state index contributed by atoms with van der Waals surface area (Å²) >= 11 is 19.1. The fraction of sp³-hybridized carbons (Fsp3) is 0.345. The lowest BCUT2D eigenvalue weighted by Gasteiger charge is -2.34. The maximum Gasteiger partial charge on any atom is 0.262 e. The van der Waals surface area contributed by atoms with E-state index in [0.717, 1.165) is 74.9 Å². The maximum atomic E-state index is 15.6. The van der Waals surface area contributed by atoms with Gasteiger partial charge in [-0.1, -0.05) is 98.0 Å². The monoisotopic (exact) mass is 1670 g/mol. The third-order valence-electron chi connectivity index (χ3n) is 20.8. The van der Waals surface area contributed by atoms with Crippen molar-refractivity contribution in [1.82, 2.24) is 64.0 Å². The summed E-state index contributed by atoms with van der Waals surface area (Å²) in [5.74, 6) is -2.31. The van der Waals surface area contributed by atoms with E-state index in [4.69, 9.17) is 81.2 Å². The van der Waals surface area contributed by atoms with Gasteiger partial charge in [-0.3, -0.25) is 27.6 Å². The molecule has 4 atom stereocenters. The summed E-state index contributed by atoms with van der Waals surface area (Å²) in [4.78, 5) is 74.2. The minimum Gasteiger partial charge on any atom is -0.490 e. The first-order valence-corrected chi connectivity index (χ1v) is 40.3. The Morgan fingerprint density at radius 3 is 1.25 bits per heavy atom. The highest BCUT2D eigenvalue weighted by molar-refractivity contribution is 6.32. The minimum atomic E-state index is -0.846. The number of carbonyl (C=O) groups is 3. The molecule has 31 heteroatoms. The predicted octanol–water partition coefficient (Wildman–Crippen LogP) is 15.9. The number of nitrogens with zero attached hydrogens (tertiary/aromatic N) is 12. The third-order valence-corrected chi connectivity index (χ3v) is 21.6. The van der Waals surface area contributed by atoms with Crippen molar-refractivity contribution in [2.45, 2.75) is 139 Å². The van der Waals surface area contributed by atoms with Crippen LogP contribution in [0, 0.1) is 38.2 Å². The predicted molar refractivity (Wildman–Crippen MR) is 460 cm³/mol. The molecule has 0 spiro atoms. The molecule has 0 radical (unpaired) electrons. The van der Waals surface area contributed by atoms with E-state index >= 15 is 13.2 Å². The van der Waals surface area contributed by atoms with Crippen molar-refractivity contribution in [3.8, 4) is 17.2 Å². The average molecular weight is 1670 g/mol. The smallest absolute Gasteiger partial charge is 0.262 e. The fourth-order valence-corrected chi connectivity index (χ4v) is 15.4. The number of hydrogen-bond acceptors (Lipinski definition) is 19. The number of likely N-dealkylation sites (N-methyl/N-ethyl adjacent to an activating group) is 1. The van der Waals surface area contributed by atoms with Gasteiger partial charge in [0.05, 0.1) is 56.5 Å². The summed E-state index contributed by atoms with van der Waals surface area (Å²) in [6.07, 6.45) is 9.09. The van der Waals surface area contributed by atoms with Crippen molar-refractivity contribution in [2.75, 3.05) is 91.7 Å². The standard InChI is InChI=1S/C31H37ClFN7O2.C29H33ClFN7O2.C27H29ClFN5O2/c1-18(2)42-28-23(19(3)30-37-20(4)27-29(34)35-10-11-40(27)30)16-24(32)26(33)25(28)31(41)36-17-21-6-8-22(9-7-21)39-14-12-38(5)13-15-39;1-16(2)40-26-21(17(3)28-35-18(4)25-27(32)34-11-14-38(25)28)15-22(30)24(31)23(26)29(39)36-19-5-7-20(8-6-19)37-12-9-33-10-13-37;1-14(2)36-24-19(15(3)26-32-17(5)23-25(30)31-11-12-34(23)26)13-20(28)22(29)21(24)27(35)33-16(4)18-9-7-6-8-10-18/h6-11,16,18-19H,12-15,17H2,1-5H3,(H2,34,35)(H,36,41);5-8,11,14-17,33H,9-10,12-13H2,1-4H3,(H2,32,34)(H,36,39);6-16H,1-5H3,(H2,30,31)(H,33,35). The Kier molecular flexibility index (Phi) is 27.0. The number of nitrogens with two attached hydrogens (primary N) is 3. The fourth-order valence-electron chi connectivity index (χ4n) is 14.8. The zero-order chi connectivity index (χ0) is 84.8. The molecule has 4 unspecified atom stereocenters. The summed E-state index contributed by atoms with van der Waals surface area (Å²) in [7, 11) is 2.13. The van der Waals surface area contributed by atoms with E-state index in [9.17, 15) is 14.4 Å². The number of amides is 3. The number of benzene rings is 6. The van der Waals surface area contributed by atoms with Crippen LogP contribution in [0.25, 0.3) is 16.6 Å². The average Bonchev–Trinajstić information content (AvgIpc) is 1.54. The Labute approximate surface area is 698 Å². The van der Waals surface area contributed by atoms with Gasteiger partial charge in [0.15, 0.2) is 17.5 Å². The van der Waals surface area contributed by atoms with Crippen molar-refractivity contribution >= 4 is 104 Å². The summed E-state index contributed by atoms with van der Waals surface area (Å²) in [5.41, 5.74) is 27.9. The van der Waals surface area contributed by atoms with Gasteiger partial charge in [0.2, 0.25) is 0 Å². The van der Waals surface area contributed by atoms with Crippen LogP contribution in [0.3, 0.4) is 0 Å². The van der Waals surface area contributed by atoms with Crippen LogP contribution >= 0.6 is 34.8 Å². The number of halogens is 6. The van der Waals surface area contributed by atoms with Gasteiger partial charge in [-0.2, -0.15) is 0 Å². The molecule has 620 valence electrons. The van der Waals surface area contributed by atoms with Crippen LogP contribution in [0.4, 0.5) is 47.7 Å². The van der Waals surface area contributed by atoms with Crippen LogP contribution in [-0.2, 0) is 6.54 Å². The van der Waals surface area contributed by atoms with E-state index in [1.807, 2.05) is 170 Å². The molecule has 118 heavy (non-hydrogen) atoms. The number of carbonyl (C=O) groups excluding carboxylic acids is 3. The van der Waals surface area contributed by atoms with E-state index in [1.54, 1.807) is 37.2 Å². The molecule has 6 aromatic carbocycles. The van der Waals surface area contributed by atoms with Gasteiger partial charge in [0.25, 0.3) is 17.7 Å². The van der Waals surface area contributed by atoms with E-state index in [-0.39, 0.29) is 79.9 Å². The van der Waals surface area contributed by atoms with Gasteiger partial charge in [-0.25, -0.2) is 43.1 Å². The number of aryl methyl sites for hydroxylation is 3. The maximum absolute atomic E-state index is 15.6. The molecule has 0 aliphatic carbocycles. The number of aromatic nitrogens is 9. The van der Waals surface area contributed by atoms with Crippen LogP contribution in [0.2, 0.25) is 15.1 Å². The highest BCUT2D eigenvalue weighted by Gasteiger charge is 2.35. The number of imidazole rings is 3. The molecule has 0 bridgehead atoms. The van der Waals surface area contributed by atoms with Crippen LogP contribution in [0.15, 0.2) is 134 Å². The first kappa shape index (κ1) is 85.9. The summed E-state index contributed by atoms with van der Waals surface area (Å²) in [5, 5.41) is 11.4. The largest absolute Gasteiger partial charge is 0.490 e. The Morgan fingerprint density at radius 2 is 0.856 bits per heavy atom. The van der Waals surface area contributed by atoms with Crippen molar-refractivity contribution < 1.29 is 41.8 Å². The van der Waals surface area contributed by atoms with Crippen LogP contribution < -0.4 is 62.5 Å². The molecule has 6 aromatic heterocycles. The number of piperazine rings is 2. The molecule has 2 aliphatic heterocycles. The first-order valence-electron chi connectivity index (χ1n) is 39.2. The molecule has 12 aromatic rings. The number of nitrogens with one attached hydrogen (secondary N) is 4. The number of fused-ring (bicyclic) bond motifs is 3. The number of rotatable bonds is 22. The van der Waals surface area contributed by atoms with Crippen molar-refractivity contribution in [3.05, 3.63) is 246 Å². The second-order valence-corrected chi connectivity index (χ2v) is 31.5. The van der Waals surface area contributed by atoms with Crippen LogP contribution in [-0.4, -0.2) is 143 Å². The van der Waals surface area contributed by atoms with Crippen molar-refractivity contribution in [2.24, 2.45) is 0 Å². The Balaban J connectivity index is 0.000000163. The lowest BCUT2D eigenvalue weighted by Crippen LogP contribution is -2.44. The van der Waals surface area contributed by atoms with E-state index in [0.29, 0.717) is 90.9 Å². The molecule has 10 N–H and O–H groups in total. The third kappa shape index (κ3) is 18.6. The molecular formula is C87H99Cl3F3N19O6. The normalized spacial score (nSPS) is 14.2. The van der Waals surface area contributed by atoms with Gasteiger partial charge in [-0.15, -0.1) is 0 Å². The lowest BCUT2D eigenvalue weighted by atomic mass is 9.95. The highest BCUT2D eigenvalue weighted by Crippen LogP contribution is 2.44. The van der Waals surface area contributed by atoms with Crippen LogP contribution in [0.1, 0.15) is 186 Å². The van der Waals surface area contributed by atoms with Crippen LogP contribution in [0.5, 0.6) is 17.2 Å². The Morgan fingerprint density at radius 1 is 0.492 bits per heavy atom. The number of ether oxygens (including phenoxy) is 3. The summed E-state index contributed by atoms with van der Waals surface area (Å²) in [6, 6.07) is 29.2. The molecular weight excluding hydrogens is 1570 g/mol. The molecule has 0 saturated carbocycles. The topological polar surface area (TPSA) is 305 Å². The SMILES string of the molecule is Cc1nc(C(C)c2cc(Cl)c(F)c(C(=O)NC(C)c3ccccc3)c2OC(C)C)n2ccnc(N)c12.Cc1nc(C(C)c2cc(Cl)c(F)c(C(=O)NCc3ccc(N4CCN(C)CC4)cc3)c2OC(C)C)n2ccnc(N)c12.Cc1nc(C(C)c2cc(Cl)c(F)c(C(=O)Nc3ccc(N4CCNCC4)cc3)c2OC(C)C)n2ccnc(N)c12. The molecule has 14 rings (SSSR count). The lowest BCUT2D eigenvalue weighted by molar-refractivity contribution is 0.0923. The zero-order valence-electron chi connectivity index (χ0n) is 68.4. The van der Waals surface area contributed by atoms with Gasteiger partial charge in [-0.05, 0) is 142 Å². The molecule has 25 nitrogen and oxygen atoms in total. The molecule has 3 amide bonds. The van der Waals surface area contributed by atoms with Crippen molar-refractivity contribution in [3.63, 3.8) is 0 Å². The van der Waals surface area contributed by atoms with Crippen molar-refractivity contribution in [1.29, 1.82) is 0 Å². The quantitative estimate of drug-likeness (QED) is 0.0332. The summed E-state index contributed by atoms with van der Waals surface area (Å²) < 4.78 is 70.5. The first-order chi connectivity index (χ1) is 56.3. The van der Waals surface area contributed by atoms with Gasteiger partial charge in [0.1, 0.15) is 85.4 Å². The molecule has 2 fully saturated rings. The minimum absolute atomic E-state index is 0.121. The Hall–Kier alpha value is -11.4. The van der Waals surface area contributed by atoms with E-state index < -0.39 is 52.9 Å². The van der Waals surface area contributed by atoms with E-state index in [1.165, 1.54) is 18.2 Å². The van der Waals surface area contributed by atoms with Gasteiger partial charge < -0.3 is 67.4 Å². The second-order valence-electron chi connectivity index (χ2n) is 30.3.